The Morgan fingerprint density at radius 3 is 2.07 bits per heavy atom. The van der Waals surface area contributed by atoms with Crippen molar-refractivity contribution in [2.45, 2.75) is 6.42 Å². The van der Waals surface area contributed by atoms with Crippen LogP contribution in [0.1, 0.15) is 6.42 Å². The molecule has 0 spiro atoms. The van der Waals surface area contributed by atoms with E-state index in [4.69, 9.17) is 9.72 Å². The first kappa shape index (κ1) is 18.9. The molecule has 0 aliphatic rings. The molecular formula is C24H20N2O2S. The Kier molecular flexibility index (Phi) is 5.98. The van der Waals surface area contributed by atoms with Gasteiger partial charge in [-0.25, -0.2) is 4.98 Å². The van der Waals surface area contributed by atoms with E-state index in [0.29, 0.717) is 11.7 Å². The van der Waals surface area contributed by atoms with Gasteiger partial charge in [0, 0.05) is 5.56 Å². The van der Waals surface area contributed by atoms with Gasteiger partial charge in [0.2, 0.25) is 5.91 Å². The normalized spacial score (nSPS) is 10.5. The van der Waals surface area contributed by atoms with Crippen molar-refractivity contribution in [2.24, 2.45) is 0 Å². The van der Waals surface area contributed by atoms with Crippen molar-refractivity contribution in [1.82, 2.24) is 4.98 Å². The average molecular weight is 401 g/mol. The van der Waals surface area contributed by atoms with Crippen LogP contribution in [0.2, 0.25) is 0 Å². The zero-order valence-corrected chi connectivity index (χ0v) is 16.6. The lowest BCUT2D eigenvalue weighted by molar-refractivity contribution is -0.116. The van der Waals surface area contributed by atoms with Crippen molar-refractivity contribution >= 4 is 22.4 Å². The minimum absolute atomic E-state index is 0.117. The largest absolute Gasteiger partial charge is 0.493 e. The molecule has 4 nitrogen and oxygen atoms in total. The van der Waals surface area contributed by atoms with Gasteiger partial charge in [-0.2, -0.15) is 0 Å². The molecule has 1 amide bonds. The smallest absolute Gasteiger partial charge is 0.229 e. The maximum absolute atomic E-state index is 12.4. The molecule has 1 N–H and O–H groups in total. The number of hydrogen-bond acceptors (Lipinski definition) is 4. The number of hydrogen-bond donors (Lipinski definition) is 1. The third kappa shape index (κ3) is 4.89. The number of aromatic nitrogens is 1. The van der Waals surface area contributed by atoms with Gasteiger partial charge in [0.15, 0.2) is 5.13 Å². The third-order valence-corrected chi connectivity index (χ3v) is 5.32. The number of amides is 1. The summed E-state index contributed by atoms with van der Waals surface area (Å²) in [4.78, 5) is 18.1. The van der Waals surface area contributed by atoms with Crippen molar-refractivity contribution in [2.75, 3.05) is 11.9 Å². The number of carbonyl (C=O) groups is 1. The number of benzene rings is 3. The second-order valence-electron chi connectivity index (χ2n) is 6.39. The van der Waals surface area contributed by atoms with Gasteiger partial charge in [0.1, 0.15) is 5.75 Å². The molecule has 3 aromatic carbocycles. The average Bonchev–Trinajstić information content (AvgIpc) is 3.19. The monoisotopic (exact) mass is 400 g/mol. The number of carbonyl (C=O) groups excluding carboxylic acids is 1. The fraction of sp³-hybridized carbons (Fsp3) is 0.0833. The van der Waals surface area contributed by atoms with Crippen molar-refractivity contribution in [3.05, 3.63) is 91.0 Å². The predicted molar refractivity (Wildman–Crippen MR) is 118 cm³/mol. The number of ether oxygens (including phenoxy) is 1. The molecule has 144 valence electrons. The molecule has 0 aliphatic carbocycles. The standard InChI is InChI=1S/C24H20N2O2S/c27-21(16-17-28-20-14-8-3-9-15-20)25-24-26-22(18-10-4-1-5-11-18)23(29-24)19-12-6-2-7-13-19/h1-15H,16-17H2,(H,25,26,27). The highest BCUT2D eigenvalue weighted by Gasteiger charge is 2.16. The zero-order chi connectivity index (χ0) is 19.9. The van der Waals surface area contributed by atoms with E-state index >= 15 is 0 Å². The third-order valence-electron chi connectivity index (χ3n) is 4.30. The van der Waals surface area contributed by atoms with Gasteiger partial charge in [-0.3, -0.25) is 4.79 Å². The van der Waals surface area contributed by atoms with Crippen molar-refractivity contribution in [1.29, 1.82) is 0 Å². The van der Waals surface area contributed by atoms with E-state index in [1.807, 2.05) is 78.9 Å². The van der Waals surface area contributed by atoms with Gasteiger partial charge >= 0.3 is 0 Å². The molecule has 0 atom stereocenters. The highest BCUT2D eigenvalue weighted by atomic mass is 32.1. The zero-order valence-electron chi connectivity index (χ0n) is 15.7. The first-order valence-corrected chi connectivity index (χ1v) is 10.2. The summed E-state index contributed by atoms with van der Waals surface area (Å²) in [6.07, 6.45) is 0.260. The maximum atomic E-state index is 12.4. The number of anilines is 1. The van der Waals surface area contributed by atoms with Crippen molar-refractivity contribution in [3.63, 3.8) is 0 Å². The van der Waals surface area contributed by atoms with Crippen molar-refractivity contribution < 1.29 is 9.53 Å². The molecule has 5 heteroatoms. The lowest BCUT2D eigenvalue weighted by Crippen LogP contribution is -2.15. The molecule has 0 saturated heterocycles. The van der Waals surface area contributed by atoms with Gasteiger partial charge < -0.3 is 10.1 Å². The second-order valence-corrected chi connectivity index (χ2v) is 7.39. The molecule has 0 radical (unpaired) electrons. The molecule has 0 aliphatic heterocycles. The van der Waals surface area contributed by atoms with Crippen LogP contribution in [0.5, 0.6) is 5.75 Å². The summed E-state index contributed by atoms with van der Waals surface area (Å²) in [7, 11) is 0. The number of nitrogens with one attached hydrogen (secondary N) is 1. The van der Waals surface area contributed by atoms with Crippen LogP contribution in [-0.4, -0.2) is 17.5 Å². The quantitative estimate of drug-likeness (QED) is 0.421. The molecule has 1 heterocycles. The first-order chi connectivity index (χ1) is 14.3. The van der Waals surface area contributed by atoms with Gasteiger partial charge in [0.25, 0.3) is 0 Å². The van der Waals surface area contributed by atoms with Crippen LogP contribution in [0.25, 0.3) is 21.7 Å². The second kappa shape index (κ2) is 9.17. The fourth-order valence-electron chi connectivity index (χ4n) is 2.91. The number of thiazole rings is 1. The van der Waals surface area contributed by atoms with Gasteiger partial charge in [-0.05, 0) is 17.7 Å². The highest BCUT2D eigenvalue weighted by Crippen LogP contribution is 2.38. The molecule has 0 bridgehead atoms. The summed E-state index contributed by atoms with van der Waals surface area (Å²) in [6, 6.07) is 29.6. The lowest BCUT2D eigenvalue weighted by Gasteiger charge is -2.05. The molecule has 29 heavy (non-hydrogen) atoms. The summed E-state index contributed by atoms with van der Waals surface area (Å²) in [5, 5.41) is 3.51. The van der Waals surface area contributed by atoms with E-state index in [0.717, 1.165) is 27.4 Å². The Hall–Kier alpha value is -3.44. The van der Waals surface area contributed by atoms with E-state index in [1.54, 1.807) is 0 Å². The van der Waals surface area contributed by atoms with Crippen LogP contribution in [0, 0.1) is 0 Å². The Morgan fingerprint density at radius 1 is 0.828 bits per heavy atom. The molecular weight excluding hydrogens is 380 g/mol. The summed E-state index contributed by atoms with van der Waals surface area (Å²) < 4.78 is 5.60. The number of para-hydroxylation sites is 1. The Bertz CT molecular complexity index is 1010. The molecule has 0 unspecified atom stereocenters. The van der Waals surface area contributed by atoms with E-state index in [9.17, 15) is 4.79 Å². The topological polar surface area (TPSA) is 51.2 Å². The predicted octanol–water partition coefficient (Wildman–Crippen LogP) is 5.88. The molecule has 4 rings (SSSR count). The van der Waals surface area contributed by atoms with E-state index in [2.05, 4.69) is 17.4 Å². The molecule has 0 saturated carbocycles. The Balaban J connectivity index is 1.49. The maximum Gasteiger partial charge on any atom is 0.229 e. The van der Waals surface area contributed by atoms with E-state index in [1.165, 1.54) is 11.3 Å². The van der Waals surface area contributed by atoms with Gasteiger partial charge in [0.05, 0.1) is 23.6 Å². The Morgan fingerprint density at radius 2 is 1.41 bits per heavy atom. The van der Waals surface area contributed by atoms with Gasteiger partial charge in [-0.1, -0.05) is 90.2 Å². The summed E-state index contributed by atoms with van der Waals surface area (Å²) in [5.74, 6) is 0.640. The Labute approximate surface area is 173 Å². The van der Waals surface area contributed by atoms with Crippen LogP contribution in [-0.2, 0) is 4.79 Å². The summed E-state index contributed by atoms with van der Waals surface area (Å²) in [6.45, 7) is 0.318. The SMILES string of the molecule is O=C(CCOc1ccccc1)Nc1nc(-c2ccccc2)c(-c2ccccc2)s1. The van der Waals surface area contributed by atoms with Crippen LogP contribution in [0.15, 0.2) is 91.0 Å². The number of nitrogens with zero attached hydrogens (tertiary/aromatic N) is 1. The van der Waals surface area contributed by atoms with Crippen LogP contribution in [0.3, 0.4) is 0 Å². The van der Waals surface area contributed by atoms with E-state index < -0.39 is 0 Å². The number of rotatable bonds is 7. The first-order valence-electron chi connectivity index (χ1n) is 9.39. The lowest BCUT2D eigenvalue weighted by atomic mass is 10.1. The van der Waals surface area contributed by atoms with Crippen LogP contribution in [0.4, 0.5) is 5.13 Å². The van der Waals surface area contributed by atoms with Gasteiger partial charge in [-0.15, -0.1) is 0 Å². The minimum Gasteiger partial charge on any atom is -0.493 e. The molecule has 0 fully saturated rings. The van der Waals surface area contributed by atoms with Crippen LogP contribution >= 0.6 is 11.3 Å². The van der Waals surface area contributed by atoms with Crippen LogP contribution < -0.4 is 10.1 Å². The molecule has 1 aromatic heterocycles. The summed E-state index contributed by atoms with van der Waals surface area (Å²) in [5.41, 5.74) is 2.98. The summed E-state index contributed by atoms with van der Waals surface area (Å²) >= 11 is 1.48. The molecule has 4 aromatic rings. The minimum atomic E-state index is -0.117. The fourth-order valence-corrected chi connectivity index (χ4v) is 3.92. The van der Waals surface area contributed by atoms with E-state index in [-0.39, 0.29) is 12.3 Å². The highest BCUT2D eigenvalue weighted by molar-refractivity contribution is 7.19. The van der Waals surface area contributed by atoms with Crippen molar-refractivity contribution in [3.8, 4) is 27.4 Å².